The van der Waals surface area contributed by atoms with Gasteiger partial charge in [0.15, 0.2) is 5.82 Å². The summed E-state index contributed by atoms with van der Waals surface area (Å²) in [5.74, 6) is 0.711. The second kappa shape index (κ2) is 11.5. The number of rotatable bonds is 4. The molecule has 0 bridgehead atoms. The third-order valence-electron chi connectivity index (χ3n) is 12.3. The lowest BCUT2D eigenvalue weighted by Crippen LogP contribution is -2.19. The van der Waals surface area contributed by atoms with Crippen LogP contribution in [0.4, 0.5) is 0 Å². The van der Waals surface area contributed by atoms with Crippen LogP contribution in [0.2, 0.25) is 0 Å². The van der Waals surface area contributed by atoms with Crippen LogP contribution in [0.5, 0.6) is 0 Å². The van der Waals surface area contributed by atoms with E-state index in [0.29, 0.717) is 5.82 Å². The first-order valence-electron chi connectivity index (χ1n) is 19.3. The van der Waals surface area contributed by atoms with Crippen molar-refractivity contribution in [2.75, 3.05) is 0 Å². The zero-order valence-electron chi connectivity index (χ0n) is 31.4. The number of fused-ring (bicyclic) bond motifs is 12. The average molecular weight is 706 g/mol. The molecule has 2 heterocycles. The number of hydrogen-bond acceptors (Lipinski definition) is 2. The molecule has 0 amide bonds. The van der Waals surface area contributed by atoms with E-state index in [2.05, 4.69) is 184 Å². The Morgan fingerprint density at radius 2 is 0.964 bits per heavy atom. The van der Waals surface area contributed by atoms with Gasteiger partial charge >= 0.3 is 0 Å². The van der Waals surface area contributed by atoms with Gasteiger partial charge < -0.3 is 4.57 Å². The van der Waals surface area contributed by atoms with E-state index < -0.39 is 0 Å². The van der Waals surface area contributed by atoms with Crippen molar-refractivity contribution in [1.82, 2.24) is 14.5 Å². The van der Waals surface area contributed by atoms with E-state index in [0.717, 1.165) is 33.8 Å². The van der Waals surface area contributed by atoms with Gasteiger partial charge in [-0.25, -0.2) is 9.97 Å². The monoisotopic (exact) mass is 705 g/mol. The number of nitrogens with zero attached hydrogens (tertiary/aromatic N) is 3. The molecule has 55 heavy (non-hydrogen) atoms. The molecule has 0 spiro atoms. The molecule has 2 aliphatic rings. The summed E-state index contributed by atoms with van der Waals surface area (Å²) in [5, 5.41) is 2.64. The third-order valence-corrected chi connectivity index (χ3v) is 12.3. The van der Waals surface area contributed by atoms with Crippen molar-refractivity contribution in [3.63, 3.8) is 0 Å². The van der Waals surface area contributed by atoms with E-state index in [1.54, 1.807) is 0 Å². The van der Waals surface area contributed by atoms with Crippen molar-refractivity contribution in [1.29, 1.82) is 0 Å². The second-order valence-electron chi connectivity index (χ2n) is 16.2. The number of hydrogen-bond donors (Lipinski definition) is 0. The molecule has 0 unspecified atom stereocenters. The van der Waals surface area contributed by atoms with Crippen LogP contribution in [0.25, 0.3) is 83.6 Å². The van der Waals surface area contributed by atoms with Crippen LogP contribution in [0, 0.1) is 0 Å². The van der Waals surface area contributed by atoms with Crippen LogP contribution < -0.4 is 0 Å². The molecular formula is C52H39N3. The van der Waals surface area contributed by atoms with E-state index in [-0.39, 0.29) is 10.8 Å². The molecule has 7 aromatic carbocycles. The van der Waals surface area contributed by atoms with E-state index in [1.807, 2.05) is 12.1 Å². The first-order valence-corrected chi connectivity index (χ1v) is 19.3. The summed E-state index contributed by atoms with van der Waals surface area (Å²) in [6.07, 6.45) is 0. The summed E-state index contributed by atoms with van der Waals surface area (Å²) in [5.41, 5.74) is 19.3. The fourth-order valence-electron chi connectivity index (χ4n) is 9.88. The lowest BCUT2D eigenvalue weighted by molar-refractivity contribution is 0.651. The maximum absolute atomic E-state index is 5.14. The summed E-state index contributed by atoms with van der Waals surface area (Å²) in [6, 6.07) is 59.0. The number of benzene rings is 7. The minimum atomic E-state index is -0.180. The molecule has 9 aromatic rings. The molecule has 0 N–H and O–H groups in total. The van der Waals surface area contributed by atoms with Crippen molar-refractivity contribution in [3.05, 3.63) is 186 Å². The molecule has 0 aliphatic heterocycles. The second-order valence-corrected chi connectivity index (χ2v) is 16.2. The minimum Gasteiger partial charge on any atom is -0.309 e. The Labute approximate surface area is 321 Å². The topological polar surface area (TPSA) is 30.7 Å². The molecule has 0 fully saturated rings. The molecule has 3 heteroatoms. The lowest BCUT2D eigenvalue weighted by atomic mass is 9.75. The van der Waals surface area contributed by atoms with Crippen LogP contribution in [-0.2, 0) is 10.8 Å². The summed E-state index contributed by atoms with van der Waals surface area (Å²) in [4.78, 5) is 10.3. The van der Waals surface area contributed by atoms with Gasteiger partial charge in [-0.05, 0) is 75.3 Å². The third kappa shape index (κ3) is 4.44. The zero-order valence-corrected chi connectivity index (χ0v) is 31.4. The first-order chi connectivity index (χ1) is 26.8. The van der Waals surface area contributed by atoms with Gasteiger partial charge in [0.2, 0.25) is 0 Å². The van der Waals surface area contributed by atoms with Crippen molar-refractivity contribution in [2.45, 2.75) is 38.5 Å². The van der Waals surface area contributed by atoms with E-state index in [4.69, 9.17) is 9.97 Å². The molecule has 0 atom stereocenters. The largest absolute Gasteiger partial charge is 0.309 e. The van der Waals surface area contributed by atoms with Crippen molar-refractivity contribution in [2.24, 2.45) is 0 Å². The molecule has 3 nitrogen and oxygen atoms in total. The van der Waals surface area contributed by atoms with Gasteiger partial charge in [-0.15, -0.1) is 0 Å². The van der Waals surface area contributed by atoms with Crippen LogP contribution >= 0.6 is 0 Å². The molecule has 11 rings (SSSR count). The highest BCUT2D eigenvalue weighted by Gasteiger charge is 2.47. The summed E-state index contributed by atoms with van der Waals surface area (Å²) in [6.45, 7) is 9.69. The van der Waals surface area contributed by atoms with Crippen LogP contribution in [0.3, 0.4) is 0 Å². The van der Waals surface area contributed by atoms with Crippen LogP contribution in [0.1, 0.15) is 49.9 Å². The van der Waals surface area contributed by atoms with Crippen LogP contribution in [0.15, 0.2) is 164 Å². The smallest absolute Gasteiger partial charge is 0.160 e. The van der Waals surface area contributed by atoms with E-state index >= 15 is 0 Å². The van der Waals surface area contributed by atoms with Gasteiger partial charge in [0.05, 0.1) is 22.4 Å². The normalized spacial score (nSPS) is 14.5. The van der Waals surface area contributed by atoms with Gasteiger partial charge in [0, 0.05) is 49.5 Å². The quantitative estimate of drug-likeness (QED) is 0.182. The molecule has 262 valence electrons. The number of para-hydroxylation sites is 1. The number of aromatic nitrogens is 3. The molecule has 2 aromatic heterocycles. The standard InChI is InChI=1S/C52H39N3/c1-51(2)39-24-14-11-21-36(39)44-47-45(37-22-12-15-25-40(37)52(47,3)4)49-46(48(44)51)38-23-13-16-26-43(38)55(49)35-29-27-34(28-30-35)50-53-41(32-17-7-5-8-18-32)31-42(54-50)33-19-9-6-10-20-33/h5-31H,1-4H3. The first kappa shape index (κ1) is 31.9. The molecule has 0 saturated carbocycles. The Morgan fingerprint density at radius 1 is 0.455 bits per heavy atom. The molecule has 0 saturated heterocycles. The highest BCUT2D eigenvalue weighted by molar-refractivity contribution is 6.21. The Balaban J connectivity index is 1.19. The fourth-order valence-corrected chi connectivity index (χ4v) is 9.88. The Hall–Kier alpha value is -6.58. The highest BCUT2D eigenvalue weighted by Crippen LogP contribution is 2.63. The van der Waals surface area contributed by atoms with Crippen molar-refractivity contribution in [3.8, 4) is 61.8 Å². The predicted octanol–water partition coefficient (Wildman–Crippen LogP) is 13.2. The summed E-state index contributed by atoms with van der Waals surface area (Å²) in [7, 11) is 0. The molecule has 2 aliphatic carbocycles. The Morgan fingerprint density at radius 3 is 1.58 bits per heavy atom. The Kier molecular flexibility index (Phi) is 6.65. The van der Waals surface area contributed by atoms with Gasteiger partial charge in [-0.2, -0.15) is 0 Å². The molecule has 0 radical (unpaired) electrons. The summed E-state index contributed by atoms with van der Waals surface area (Å²) < 4.78 is 2.53. The van der Waals surface area contributed by atoms with Crippen molar-refractivity contribution >= 4 is 21.8 Å². The maximum atomic E-state index is 5.14. The SMILES string of the molecule is CC1(C)c2ccccc2-c2c1c1c(c3c4ccccc4n(-c4ccc(-c5nc(-c6ccccc6)cc(-c6ccccc6)n5)cc4)c23)C(C)(C)c2ccccc2-1. The lowest BCUT2D eigenvalue weighted by Gasteiger charge is -2.27. The average Bonchev–Trinajstić information content (AvgIpc) is 3.78. The van der Waals surface area contributed by atoms with E-state index in [1.165, 1.54) is 66.3 Å². The van der Waals surface area contributed by atoms with E-state index in [9.17, 15) is 0 Å². The zero-order chi connectivity index (χ0) is 37.1. The fraction of sp³-hybridized carbons (Fsp3) is 0.115. The minimum absolute atomic E-state index is 0.180. The Bertz CT molecular complexity index is 2950. The van der Waals surface area contributed by atoms with Gasteiger partial charge in [0.1, 0.15) is 0 Å². The summed E-state index contributed by atoms with van der Waals surface area (Å²) >= 11 is 0. The van der Waals surface area contributed by atoms with Gasteiger partial charge in [0.25, 0.3) is 0 Å². The maximum Gasteiger partial charge on any atom is 0.160 e. The highest BCUT2D eigenvalue weighted by atomic mass is 15.0. The van der Waals surface area contributed by atoms with Gasteiger partial charge in [-0.1, -0.05) is 155 Å². The van der Waals surface area contributed by atoms with Crippen LogP contribution in [-0.4, -0.2) is 14.5 Å². The predicted molar refractivity (Wildman–Crippen MR) is 228 cm³/mol. The molecular weight excluding hydrogens is 667 g/mol. The van der Waals surface area contributed by atoms with Gasteiger partial charge in [-0.3, -0.25) is 0 Å². The van der Waals surface area contributed by atoms with Crippen molar-refractivity contribution < 1.29 is 0 Å².